The number of carbonyl (C=O) groups excluding carboxylic acids is 2. The number of nitro benzene ring substituents is 1. The van der Waals surface area contributed by atoms with Crippen LogP contribution >= 0.6 is 0 Å². The first-order valence-electron chi connectivity index (χ1n) is 9.15. The second-order valence-corrected chi connectivity index (χ2v) is 6.63. The van der Waals surface area contributed by atoms with Gasteiger partial charge in [-0.15, -0.1) is 0 Å². The van der Waals surface area contributed by atoms with E-state index in [0.29, 0.717) is 31.7 Å². The topological polar surface area (TPSA) is 108 Å². The van der Waals surface area contributed by atoms with Crippen LogP contribution in [0.3, 0.4) is 0 Å². The first-order valence-corrected chi connectivity index (χ1v) is 9.15. The first kappa shape index (κ1) is 20.8. The number of likely N-dealkylation sites (N-methyl/N-ethyl adjacent to an activating group) is 1. The molecule has 1 aliphatic rings. The molecule has 1 fully saturated rings. The summed E-state index contributed by atoms with van der Waals surface area (Å²) in [5.74, 6) is -0.124. The highest BCUT2D eigenvalue weighted by Crippen LogP contribution is 2.22. The van der Waals surface area contributed by atoms with Crippen molar-refractivity contribution < 1.29 is 14.5 Å². The summed E-state index contributed by atoms with van der Waals surface area (Å²) in [5, 5.41) is 16.4. The van der Waals surface area contributed by atoms with Crippen molar-refractivity contribution in [2.24, 2.45) is 0 Å². The number of nitrogens with one attached hydrogen (secondary N) is 2. The number of rotatable bonds is 8. The fourth-order valence-electron chi connectivity index (χ4n) is 2.96. The van der Waals surface area contributed by atoms with Crippen molar-refractivity contribution in [1.29, 1.82) is 0 Å². The fraction of sp³-hybridized carbons (Fsp3) is 0.556. The molecule has 0 bridgehead atoms. The summed E-state index contributed by atoms with van der Waals surface area (Å²) in [6.07, 6.45) is 0.318. The van der Waals surface area contributed by atoms with Crippen LogP contribution in [0.5, 0.6) is 0 Å². The molecule has 9 nitrogen and oxygen atoms in total. The smallest absolute Gasteiger partial charge is 0.271 e. The Morgan fingerprint density at radius 3 is 2.44 bits per heavy atom. The number of piperazine rings is 1. The van der Waals surface area contributed by atoms with Crippen LogP contribution in [0, 0.1) is 17.0 Å². The van der Waals surface area contributed by atoms with Crippen molar-refractivity contribution in [2.45, 2.75) is 20.3 Å². The van der Waals surface area contributed by atoms with Crippen LogP contribution in [-0.2, 0) is 9.59 Å². The van der Waals surface area contributed by atoms with Crippen molar-refractivity contribution in [1.82, 2.24) is 15.1 Å². The third kappa shape index (κ3) is 6.61. The van der Waals surface area contributed by atoms with Gasteiger partial charge in [0.2, 0.25) is 11.8 Å². The molecule has 27 heavy (non-hydrogen) atoms. The monoisotopic (exact) mass is 377 g/mol. The lowest BCUT2D eigenvalue weighted by molar-refractivity contribution is -0.384. The third-order valence-electron chi connectivity index (χ3n) is 4.57. The van der Waals surface area contributed by atoms with Gasteiger partial charge in [-0.05, 0) is 19.4 Å². The van der Waals surface area contributed by atoms with E-state index in [1.807, 2.05) is 6.92 Å². The lowest BCUT2D eigenvalue weighted by Crippen LogP contribution is -2.49. The predicted molar refractivity (Wildman–Crippen MR) is 103 cm³/mol. The molecule has 1 aliphatic heterocycles. The highest BCUT2D eigenvalue weighted by Gasteiger charge is 2.19. The molecule has 0 aliphatic carbocycles. The molecular formula is C18H27N5O4. The van der Waals surface area contributed by atoms with Crippen LogP contribution in [0.25, 0.3) is 0 Å². The van der Waals surface area contributed by atoms with Gasteiger partial charge in [-0.2, -0.15) is 0 Å². The lowest BCUT2D eigenvalue weighted by atomic mass is 10.1. The average Bonchev–Trinajstić information content (AvgIpc) is 2.63. The van der Waals surface area contributed by atoms with Crippen molar-refractivity contribution >= 4 is 23.2 Å². The first-order chi connectivity index (χ1) is 12.9. The number of benzene rings is 1. The standard InChI is InChI=1S/C18H27N5O4/c1-3-19-18(25)13-22-10-8-21(9-11-22)7-6-17(24)20-16-12-15(23(26)27)5-4-14(16)2/h4-5,12H,3,6-11,13H2,1-2H3,(H,19,25)(H,20,24). The molecule has 9 heteroatoms. The molecular weight excluding hydrogens is 350 g/mol. The van der Waals surface area contributed by atoms with Crippen molar-refractivity contribution in [2.75, 3.05) is 51.1 Å². The summed E-state index contributed by atoms with van der Waals surface area (Å²) in [5.41, 5.74) is 1.22. The molecule has 0 aromatic heterocycles. The Kier molecular flexibility index (Phi) is 7.68. The number of nitrogens with zero attached hydrogens (tertiary/aromatic N) is 3. The summed E-state index contributed by atoms with van der Waals surface area (Å²) in [7, 11) is 0. The number of hydrogen-bond donors (Lipinski definition) is 2. The van der Waals surface area contributed by atoms with E-state index in [4.69, 9.17) is 0 Å². The second-order valence-electron chi connectivity index (χ2n) is 6.63. The summed E-state index contributed by atoms with van der Waals surface area (Å²) in [6, 6.07) is 4.43. The van der Waals surface area contributed by atoms with Gasteiger partial charge in [0.25, 0.3) is 5.69 Å². The van der Waals surface area contributed by atoms with Crippen LogP contribution in [0.2, 0.25) is 0 Å². The number of anilines is 1. The van der Waals surface area contributed by atoms with E-state index < -0.39 is 4.92 Å². The lowest BCUT2D eigenvalue weighted by Gasteiger charge is -2.34. The normalized spacial score (nSPS) is 15.3. The molecule has 0 spiro atoms. The Morgan fingerprint density at radius 1 is 1.15 bits per heavy atom. The Bertz CT molecular complexity index is 686. The minimum atomic E-state index is -0.477. The molecule has 1 saturated heterocycles. The molecule has 0 atom stereocenters. The minimum Gasteiger partial charge on any atom is -0.355 e. The summed E-state index contributed by atoms with van der Waals surface area (Å²) in [6.45, 7) is 8.57. The highest BCUT2D eigenvalue weighted by atomic mass is 16.6. The van der Waals surface area contributed by atoms with E-state index in [1.165, 1.54) is 12.1 Å². The van der Waals surface area contributed by atoms with Gasteiger partial charge in [0.05, 0.1) is 17.2 Å². The SMILES string of the molecule is CCNC(=O)CN1CCN(CCC(=O)Nc2cc([N+](=O)[O-])ccc2C)CC1. The minimum absolute atomic E-state index is 0.0395. The van der Waals surface area contributed by atoms with E-state index in [2.05, 4.69) is 20.4 Å². The van der Waals surface area contributed by atoms with Gasteiger partial charge in [0.15, 0.2) is 0 Å². The number of carbonyl (C=O) groups is 2. The Labute approximate surface area is 158 Å². The van der Waals surface area contributed by atoms with Gasteiger partial charge >= 0.3 is 0 Å². The zero-order chi connectivity index (χ0) is 19.8. The average molecular weight is 377 g/mol. The zero-order valence-electron chi connectivity index (χ0n) is 15.9. The number of nitro groups is 1. The van der Waals surface area contributed by atoms with Crippen LogP contribution in [0.15, 0.2) is 18.2 Å². The van der Waals surface area contributed by atoms with Crippen LogP contribution < -0.4 is 10.6 Å². The van der Waals surface area contributed by atoms with E-state index in [0.717, 1.165) is 31.7 Å². The second kappa shape index (κ2) is 9.98. The van der Waals surface area contributed by atoms with Gasteiger partial charge in [-0.25, -0.2) is 0 Å². The van der Waals surface area contributed by atoms with Crippen LogP contribution in [0.1, 0.15) is 18.9 Å². The fourth-order valence-corrected chi connectivity index (χ4v) is 2.96. The van der Waals surface area contributed by atoms with Crippen molar-refractivity contribution in [3.8, 4) is 0 Å². The van der Waals surface area contributed by atoms with E-state index in [1.54, 1.807) is 13.0 Å². The number of aryl methyl sites for hydroxylation is 1. The molecule has 1 heterocycles. The quantitative estimate of drug-likeness (QED) is 0.517. The molecule has 1 aromatic rings. The number of non-ortho nitro benzene ring substituents is 1. The van der Waals surface area contributed by atoms with Crippen molar-refractivity contribution in [3.05, 3.63) is 33.9 Å². The third-order valence-corrected chi connectivity index (χ3v) is 4.57. The Balaban J connectivity index is 1.75. The Morgan fingerprint density at radius 2 is 1.81 bits per heavy atom. The molecule has 1 aromatic carbocycles. The molecule has 2 amide bonds. The maximum atomic E-state index is 12.2. The van der Waals surface area contributed by atoms with Gasteiger partial charge in [0.1, 0.15) is 0 Å². The molecule has 2 N–H and O–H groups in total. The van der Waals surface area contributed by atoms with E-state index >= 15 is 0 Å². The maximum Gasteiger partial charge on any atom is 0.271 e. The summed E-state index contributed by atoms with van der Waals surface area (Å²) >= 11 is 0. The van der Waals surface area contributed by atoms with Crippen LogP contribution in [0.4, 0.5) is 11.4 Å². The van der Waals surface area contributed by atoms with E-state index in [-0.39, 0.29) is 17.5 Å². The molecule has 0 radical (unpaired) electrons. The Hall–Kier alpha value is -2.52. The molecule has 0 saturated carbocycles. The molecule has 148 valence electrons. The zero-order valence-corrected chi connectivity index (χ0v) is 15.9. The van der Waals surface area contributed by atoms with E-state index in [9.17, 15) is 19.7 Å². The van der Waals surface area contributed by atoms with Gasteiger partial charge in [-0.3, -0.25) is 24.6 Å². The van der Waals surface area contributed by atoms with Gasteiger partial charge < -0.3 is 15.5 Å². The molecule has 0 unspecified atom stereocenters. The largest absolute Gasteiger partial charge is 0.355 e. The summed E-state index contributed by atoms with van der Waals surface area (Å²) < 4.78 is 0. The summed E-state index contributed by atoms with van der Waals surface area (Å²) in [4.78, 5) is 38.5. The maximum absolute atomic E-state index is 12.2. The molecule has 2 rings (SSSR count). The predicted octanol–water partition coefficient (Wildman–Crippen LogP) is 0.986. The van der Waals surface area contributed by atoms with Gasteiger partial charge in [-0.1, -0.05) is 6.07 Å². The number of hydrogen-bond acceptors (Lipinski definition) is 6. The number of amides is 2. The van der Waals surface area contributed by atoms with Gasteiger partial charge in [0, 0.05) is 57.8 Å². The highest BCUT2D eigenvalue weighted by molar-refractivity contribution is 5.92. The van der Waals surface area contributed by atoms with Crippen molar-refractivity contribution in [3.63, 3.8) is 0 Å². The van der Waals surface area contributed by atoms with Crippen LogP contribution in [-0.4, -0.2) is 72.4 Å².